The minimum absolute atomic E-state index is 0.344. The van der Waals surface area contributed by atoms with Gasteiger partial charge in [-0.15, -0.1) is 0 Å². The van der Waals surface area contributed by atoms with Gasteiger partial charge in [0.05, 0.1) is 11.8 Å². The van der Waals surface area contributed by atoms with Crippen molar-refractivity contribution in [3.05, 3.63) is 12.7 Å². The number of nitrogens with one attached hydrogen (secondary N) is 1. The lowest BCUT2D eigenvalue weighted by molar-refractivity contribution is -0.108. The van der Waals surface area contributed by atoms with E-state index in [1.165, 1.54) is 6.08 Å². The van der Waals surface area contributed by atoms with Crippen LogP contribution in [0, 0.1) is 0 Å². The van der Waals surface area contributed by atoms with Gasteiger partial charge in [-0.1, -0.05) is 6.58 Å². The molecule has 0 fully saturated rings. The predicted octanol–water partition coefficient (Wildman–Crippen LogP) is -1.09. The highest BCUT2D eigenvalue weighted by atomic mass is 16.1. The predicted molar refractivity (Wildman–Crippen MR) is 43.6 cm³/mol. The summed E-state index contributed by atoms with van der Waals surface area (Å²) >= 11 is 0. The Morgan fingerprint density at radius 1 is 1.82 bits per heavy atom. The third-order valence-corrected chi connectivity index (χ3v) is 1.06. The van der Waals surface area contributed by atoms with E-state index in [0.29, 0.717) is 18.4 Å². The second-order valence-corrected chi connectivity index (χ2v) is 1.94. The molecular formula is C6H12N4O. The number of rotatable bonds is 5. The van der Waals surface area contributed by atoms with E-state index in [2.05, 4.69) is 17.2 Å². The number of carbonyl (C=O) groups excluding carboxylic acids is 1. The molecule has 11 heavy (non-hydrogen) atoms. The van der Waals surface area contributed by atoms with Crippen LogP contribution in [0.25, 0.3) is 0 Å². The van der Waals surface area contributed by atoms with Gasteiger partial charge in [-0.3, -0.25) is 0 Å². The third-order valence-electron chi connectivity index (χ3n) is 1.06. The van der Waals surface area contributed by atoms with Gasteiger partial charge in [0, 0.05) is 6.42 Å². The first-order valence-corrected chi connectivity index (χ1v) is 3.10. The van der Waals surface area contributed by atoms with Gasteiger partial charge in [-0.25, -0.2) is 11.4 Å². The van der Waals surface area contributed by atoms with Crippen LogP contribution in [0.3, 0.4) is 0 Å². The largest absolute Gasteiger partial charge is 0.321 e. The molecule has 0 aromatic heterocycles. The van der Waals surface area contributed by atoms with Gasteiger partial charge in [-0.05, 0) is 6.08 Å². The standard InChI is InChI=1S/C6H12N4O/c1-2-6(9-10-8)3-5(7)4-11/h2,4-5,10H,1,3,7-8H2/b9-6+. The Hall–Kier alpha value is -1.20. The number of hydrogen-bond acceptors (Lipinski definition) is 5. The molecule has 0 bridgehead atoms. The first-order valence-electron chi connectivity index (χ1n) is 3.10. The zero-order chi connectivity index (χ0) is 8.69. The monoisotopic (exact) mass is 156 g/mol. The van der Waals surface area contributed by atoms with Crippen LogP contribution in [0.2, 0.25) is 0 Å². The van der Waals surface area contributed by atoms with Gasteiger partial charge >= 0.3 is 0 Å². The fraction of sp³-hybridized carbons (Fsp3) is 0.333. The summed E-state index contributed by atoms with van der Waals surface area (Å²) in [6, 6.07) is -0.542. The Bertz CT molecular complexity index is 166. The normalized spacial score (nSPS) is 13.8. The number of aldehydes is 1. The van der Waals surface area contributed by atoms with Gasteiger partial charge < -0.3 is 10.5 Å². The van der Waals surface area contributed by atoms with Crippen LogP contribution >= 0.6 is 0 Å². The van der Waals surface area contributed by atoms with Gasteiger partial charge in [0.15, 0.2) is 0 Å². The van der Waals surface area contributed by atoms with Gasteiger partial charge in [0.25, 0.3) is 0 Å². The van der Waals surface area contributed by atoms with Crippen molar-refractivity contribution in [3.63, 3.8) is 0 Å². The first kappa shape index (κ1) is 9.80. The second kappa shape index (κ2) is 5.57. The lowest BCUT2D eigenvalue weighted by Crippen LogP contribution is -2.26. The van der Waals surface area contributed by atoms with Crippen LogP contribution < -0.4 is 17.1 Å². The highest BCUT2D eigenvalue weighted by molar-refractivity contribution is 5.96. The summed E-state index contributed by atoms with van der Waals surface area (Å²) in [7, 11) is 0. The van der Waals surface area contributed by atoms with Crippen molar-refractivity contribution in [2.24, 2.45) is 16.7 Å². The summed E-state index contributed by atoms with van der Waals surface area (Å²) in [4.78, 5) is 10.1. The minimum Gasteiger partial charge on any atom is -0.321 e. The van der Waals surface area contributed by atoms with Gasteiger partial charge in [0.2, 0.25) is 0 Å². The average Bonchev–Trinajstić information content (AvgIpc) is 2.03. The van der Waals surface area contributed by atoms with Crippen molar-refractivity contribution in [2.75, 3.05) is 0 Å². The number of hydrazine groups is 1. The average molecular weight is 156 g/mol. The van der Waals surface area contributed by atoms with Gasteiger partial charge in [-0.2, -0.15) is 5.10 Å². The van der Waals surface area contributed by atoms with Crippen LogP contribution in [-0.4, -0.2) is 18.0 Å². The number of hydrogen-bond donors (Lipinski definition) is 3. The Morgan fingerprint density at radius 2 is 2.45 bits per heavy atom. The summed E-state index contributed by atoms with van der Waals surface area (Å²) in [5.41, 5.74) is 7.97. The van der Waals surface area contributed by atoms with E-state index in [-0.39, 0.29) is 0 Å². The van der Waals surface area contributed by atoms with E-state index in [4.69, 9.17) is 11.6 Å². The highest BCUT2D eigenvalue weighted by Gasteiger charge is 2.02. The molecule has 0 heterocycles. The van der Waals surface area contributed by atoms with Crippen LogP contribution in [0.1, 0.15) is 6.42 Å². The molecule has 62 valence electrons. The lowest BCUT2D eigenvalue weighted by atomic mass is 10.1. The lowest BCUT2D eigenvalue weighted by Gasteiger charge is -2.02. The number of nitrogens with zero attached hydrogens (tertiary/aromatic N) is 1. The number of allylic oxidation sites excluding steroid dienone is 1. The second-order valence-electron chi connectivity index (χ2n) is 1.94. The van der Waals surface area contributed by atoms with Crippen molar-refractivity contribution < 1.29 is 4.79 Å². The molecule has 5 heteroatoms. The van der Waals surface area contributed by atoms with E-state index >= 15 is 0 Å². The van der Waals surface area contributed by atoms with E-state index in [9.17, 15) is 4.79 Å². The summed E-state index contributed by atoms with van der Waals surface area (Å²) in [5.74, 6) is 4.91. The van der Waals surface area contributed by atoms with Crippen LogP contribution in [0.5, 0.6) is 0 Å². The van der Waals surface area contributed by atoms with Crippen LogP contribution in [-0.2, 0) is 4.79 Å². The summed E-state index contributed by atoms with van der Waals surface area (Å²) in [6.07, 6.45) is 2.48. The molecule has 0 aromatic carbocycles. The van der Waals surface area contributed by atoms with Crippen molar-refractivity contribution in [2.45, 2.75) is 12.5 Å². The first-order chi connectivity index (χ1) is 5.24. The molecule has 0 amide bonds. The Balaban J connectivity index is 3.97. The topological polar surface area (TPSA) is 93.5 Å². The van der Waals surface area contributed by atoms with Gasteiger partial charge in [0.1, 0.15) is 6.29 Å². The quantitative estimate of drug-likeness (QED) is 0.204. The van der Waals surface area contributed by atoms with Crippen molar-refractivity contribution in [1.82, 2.24) is 5.53 Å². The molecule has 5 nitrogen and oxygen atoms in total. The molecule has 0 saturated heterocycles. The molecule has 5 N–H and O–H groups in total. The molecule has 1 atom stereocenters. The minimum atomic E-state index is -0.542. The maximum Gasteiger partial charge on any atom is 0.137 e. The fourth-order valence-corrected chi connectivity index (χ4v) is 0.547. The molecule has 0 aliphatic carbocycles. The molecule has 0 spiro atoms. The molecule has 0 aliphatic heterocycles. The molecule has 0 radical (unpaired) electrons. The molecular weight excluding hydrogens is 144 g/mol. The number of nitrogens with two attached hydrogens (primary N) is 2. The number of carbonyl (C=O) groups is 1. The van der Waals surface area contributed by atoms with E-state index in [0.717, 1.165) is 0 Å². The number of hydrazone groups is 1. The third kappa shape index (κ3) is 4.24. The molecule has 0 rings (SSSR count). The summed E-state index contributed by atoms with van der Waals surface area (Å²) in [6.45, 7) is 3.47. The Morgan fingerprint density at radius 3 is 2.82 bits per heavy atom. The van der Waals surface area contributed by atoms with Crippen LogP contribution in [0.15, 0.2) is 17.8 Å². The molecule has 0 saturated carbocycles. The molecule has 1 unspecified atom stereocenters. The van der Waals surface area contributed by atoms with Crippen molar-refractivity contribution in [1.29, 1.82) is 0 Å². The Labute approximate surface area is 65.1 Å². The molecule has 0 aliphatic rings. The van der Waals surface area contributed by atoms with Crippen molar-refractivity contribution >= 4 is 12.0 Å². The molecule has 0 aromatic rings. The van der Waals surface area contributed by atoms with E-state index < -0.39 is 6.04 Å². The SMILES string of the molecule is C=C/C(CC(N)C=O)=N\NN. The zero-order valence-electron chi connectivity index (χ0n) is 6.16. The Kier molecular flexibility index (Phi) is 4.97. The zero-order valence-corrected chi connectivity index (χ0v) is 6.16. The summed E-state index contributed by atoms with van der Waals surface area (Å²) < 4.78 is 0. The maximum atomic E-state index is 10.1. The fourth-order valence-electron chi connectivity index (χ4n) is 0.547. The maximum absolute atomic E-state index is 10.1. The van der Waals surface area contributed by atoms with Crippen molar-refractivity contribution in [3.8, 4) is 0 Å². The highest BCUT2D eigenvalue weighted by Crippen LogP contribution is 1.89. The van der Waals surface area contributed by atoms with Crippen LogP contribution in [0.4, 0.5) is 0 Å². The summed E-state index contributed by atoms with van der Waals surface area (Å²) in [5, 5.41) is 3.62. The van der Waals surface area contributed by atoms with E-state index in [1.54, 1.807) is 0 Å². The van der Waals surface area contributed by atoms with E-state index in [1.807, 2.05) is 0 Å². The smallest absolute Gasteiger partial charge is 0.137 e.